The van der Waals surface area contributed by atoms with Gasteiger partial charge >= 0.3 is 0 Å². The zero-order valence-electron chi connectivity index (χ0n) is 15.9. The topological polar surface area (TPSA) is 136 Å². The number of hydrogen-bond donors (Lipinski definition) is 3. The normalized spacial score (nSPS) is 11.6. The Hall–Kier alpha value is -2.98. The van der Waals surface area contributed by atoms with Crippen LogP contribution in [0.25, 0.3) is 11.3 Å². The van der Waals surface area contributed by atoms with Gasteiger partial charge in [-0.2, -0.15) is 10.2 Å². The number of benzene rings is 1. The van der Waals surface area contributed by atoms with Gasteiger partial charge in [-0.25, -0.2) is 13.6 Å². The summed E-state index contributed by atoms with van der Waals surface area (Å²) in [4.78, 5) is 12.4. The van der Waals surface area contributed by atoms with E-state index in [1.54, 1.807) is 22.9 Å². The summed E-state index contributed by atoms with van der Waals surface area (Å²) < 4.78 is 24.3. The van der Waals surface area contributed by atoms with Gasteiger partial charge < -0.3 is 5.32 Å². The summed E-state index contributed by atoms with van der Waals surface area (Å²) in [5.74, 6) is -0.265. The number of rotatable bonds is 6. The Morgan fingerprint density at radius 2 is 1.93 bits per heavy atom. The van der Waals surface area contributed by atoms with Crippen molar-refractivity contribution in [2.24, 2.45) is 12.2 Å². The quantitative estimate of drug-likeness (QED) is 0.566. The average Bonchev–Trinajstić information content (AvgIpc) is 3.19. The lowest BCUT2D eigenvalue weighted by atomic mass is 10.1. The Bertz CT molecular complexity index is 1110. The highest BCUT2D eigenvalue weighted by molar-refractivity contribution is 7.89. The molecule has 4 N–H and O–H groups in total. The second-order valence-corrected chi connectivity index (χ2v) is 8.09. The molecule has 0 fully saturated rings. The molecule has 28 heavy (non-hydrogen) atoms. The smallest absolute Gasteiger partial charge is 0.269 e. The molecule has 0 saturated heterocycles. The fourth-order valence-corrected chi connectivity index (χ4v) is 3.49. The Kier molecular flexibility index (Phi) is 5.34. The van der Waals surface area contributed by atoms with Crippen LogP contribution >= 0.6 is 0 Å². The van der Waals surface area contributed by atoms with Crippen molar-refractivity contribution in [2.45, 2.75) is 25.2 Å². The van der Waals surface area contributed by atoms with Crippen LogP contribution in [0.3, 0.4) is 0 Å². The van der Waals surface area contributed by atoms with E-state index in [1.165, 1.54) is 12.1 Å². The first-order valence-electron chi connectivity index (χ1n) is 8.62. The van der Waals surface area contributed by atoms with Crippen molar-refractivity contribution in [2.75, 3.05) is 6.54 Å². The van der Waals surface area contributed by atoms with Crippen molar-refractivity contribution in [1.82, 2.24) is 25.3 Å². The molecule has 3 rings (SSSR count). The fraction of sp³-hybridized carbons (Fsp3) is 0.278. The minimum absolute atomic E-state index is 0.0614. The van der Waals surface area contributed by atoms with Crippen molar-refractivity contribution in [3.8, 4) is 11.3 Å². The number of H-pyrrole nitrogens is 1. The molecular weight excluding hydrogens is 380 g/mol. The van der Waals surface area contributed by atoms with E-state index < -0.39 is 10.0 Å². The van der Waals surface area contributed by atoms with Crippen LogP contribution in [0.1, 0.15) is 27.4 Å². The minimum atomic E-state index is -3.70. The largest absolute Gasteiger partial charge is 0.350 e. The van der Waals surface area contributed by atoms with Gasteiger partial charge in [-0.05, 0) is 44.0 Å². The molecule has 0 aliphatic heterocycles. The van der Waals surface area contributed by atoms with E-state index >= 15 is 0 Å². The molecule has 0 atom stereocenters. The predicted molar refractivity (Wildman–Crippen MR) is 104 cm³/mol. The van der Waals surface area contributed by atoms with Crippen LogP contribution in [-0.2, 0) is 23.5 Å². The lowest BCUT2D eigenvalue weighted by Crippen LogP contribution is -2.26. The van der Waals surface area contributed by atoms with Crippen LogP contribution in [-0.4, -0.2) is 40.8 Å². The molecule has 148 valence electrons. The standard InChI is InChI=1S/C18H22N6O3S/c1-11-17(12(2)24(3)23-11)15-10-16(22-21-15)18(25)20-9-8-13-4-6-14(7-5-13)28(19,26)27/h4-7,10H,8-9H2,1-3H3,(H,20,25)(H,21,22)(H2,19,26,27). The summed E-state index contributed by atoms with van der Waals surface area (Å²) in [6.45, 7) is 4.25. The van der Waals surface area contributed by atoms with E-state index in [-0.39, 0.29) is 10.8 Å². The van der Waals surface area contributed by atoms with E-state index in [0.29, 0.717) is 24.4 Å². The van der Waals surface area contributed by atoms with Crippen LogP contribution in [0.15, 0.2) is 35.2 Å². The molecule has 9 nitrogen and oxygen atoms in total. The molecule has 0 saturated carbocycles. The molecule has 0 spiro atoms. The number of carbonyl (C=O) groups excluding carboxylic acids is 1. The van der Waals surface area contributed by atoms with Gasteiger partial charge in [-0.15, -0.1) is 0 Å². The van der Waals surface area contributed by atoms with Crippen LogP contribution in [0.4, 0.5) is 0 Å². The van der Waals surface area contributed by atoms with E-state index in [9.17, 15) is 13.2 Å². The van der Waals surface area contributed by atoms with Gasteiger partial charge in [-0.1, -0.05) is 12.1 Å². The second kappa shape index (κ2) is 7.56. The van der Waals surface area contributed by atoms with Crippen molar-refractivity contribution in [1.29, 1.82) is 0 Å². The first kappa shape index (κ1) is 19.8. The highest BCUT2D eigenvalue weighted by Gasteiger charge is 2.17. The molecular formula is C18H22N6O3S. The van der Waals surface area contributed by atoms with Gasteiger partial charge in [0.25, 0.3) is 5.91 Å². The molecule has 10 heteroatoms. The fourth-order valence-electron chi connectivity index (χ4n) is 2.97. The Morgan fingerprint density at radius 3 is 2.50 bits per heavy atom. The molecule has 0 aliphatic carbocycles. The molecule has 2 heterocycles. The first-order chi connectivity index (χ1) is 13.2. The van der Waals surface area contributed by atoms with Gasteiger partial charge in [0, 0.05) is 24.8 Å². The maximum absolute atomic E-state index is 12.3. The van der Waals surface area contributed by atoms with Crippen molar-refractivity contribution < 1.29 is 13.2 Å². The third kappa shape index (κ3) is 4.12. The lowest BCUT2D eigenvalue weighted by Gasteiger charge is -2.05. The molecule has 1 aromatic carbocycles. The molecule has 0 bridgehead atoms. The highest BCUT2D eigenvalue weighted by atomic mass is 32.2. The number of hydrogen-bond acceptors (Lipinski definition) is 5. The van der Waals surface area contributed by atoms with E-state index in [2.05, 4.69) is 20.6 Å². The number of aromatic nitrogens is 4. The Labute approximate surface area is 163 Å². The summed E-state index contributed by atoms with van der Waals surface area (Å²) >= 11 is 0. The van der Waals surface area contributed by atoms with Gasteiger partial charge in [0.2, 0.25) is 10.0 Å². The molecule has 0 aliphatic rings. The van der Waals surface area contributed by atoms with Gasteiger partial charge in [0.15, 0.2) is 0 Å². The van der Waals surface area contributed by atoms with Gasteiger partial charge in [0.1, 0.15) is 5.69 Å². The van der Waals surface area contributed by atoms with Gasteiger partial charge in [0.05, 0.1) is 16.3 Å². The molecule has 3 aromatic rings. The van der Waals surface area contributed by atoms with Crippen molar-refractivity contribution >= 4 is 15.9 Å². The second-order valence-electron chi connectivity index (χ2n) is 6.53. The van der Waals surface area contributed by atoms with Gasteiger partial charge in [-0.3, -0.25) is 14.6 Å². The molecule has 0 unspecified atom stereocenters. The minimum Gasteiger partial charge on any atom is -0.350 e. The van der Waals surface area contributed by atoms with E-state index in [0.717, 1.165) is 22.5 Å². The van der Waals surface area contributed by atoms with E-state index in [4.69, 9.17) is 5.14 Å². The monoisotopic (exact) mass is 402 g/mol. The Morgan fingerprint density at radius 1 is 1.25 bits per heavy atom. The maximum Gasteiger partial charge on any atom is 0.269 e. The van der Waals surface area contributed by atoms with Crippen LogP contribution in [0.2, 0.25) is 0 Å². The van der Waals surface area contributed by atoms with Crippen LogP contribution in [0.5, 0.6) is 0 Å². The lowest BCUT2D eigenvalue weighted by molar-refractivity contribution is 0.0949. The predicted octanol–water partition coefficient (Wildman–Crippen LogP) is 1.05. The average molecular weight is 402 g/mol. The number of aryl methyl sites for hydroxylation is 2. The highest BCUT2D eigenvalue weighted by Crippen LogP contribution is 2.25. The van der Waals surface area contributed by atoms with Crippen molar-refractivity contribution in [3.05, 3.63) is 53.0 Å². The number of sulfonamides is 1. The third-order valence-corrected chi connectivity index (χ3v) is 5.47. The molecule has 2 aromatic heterocycles. The number of nitrogens with two attached hydrogens (primary N) is 1. The first-order valence-corrected chi connectivity index (χ1v) is 10.2. The van der Waals surface area contributed by atoms with Crippen LogP contribution in [0, 0.1) is 13.8 Å². The number of nitrogens with one attached hydrogen (secondary N) is 2. The summed E-state index contributed by atoms with van der Waals surface area (Å²) in [5, 5.41) is 19.2. The Balaban J connectivity index is 1.61. The zero-order chi connectivity index (χ0) is 20.5. The van der Waals surface area contributed by atoms with Crippen LogP contribution < -0.4 is 10.5 Å². The molecule has 1 amide bonds. The zero-order valence-corrected chi connectivity index (χ0v) is 16.7. The number of aromatic amines is 1. The summed E-state index contributed by atoms with van der Waals surface area (Å²) in [7, 11) is -1.84. The number of amides is 1. The number of nitrogens with zero attached hydrogens (tertiary/aromatic N) is 3. The summed E-state index contributed by atoms with van der Waals surface area (Å²) in [6.07, 6.45) is 0.554. The number of primary sulfonamides is 1. The SMILES string of the molecule is Cc1nn(C)c(C)c1-c1cc(C(=O)NCCc2ccc(S(N)(=O)=O)cc2)[nH]n1. The summed E-state index contributed by atoms with van der Waals surface area (Å²) in [6, 6.07) is 7.95. The van der Waals surface area contributed by atoms with Crippen molar-refractivity contribution in [3.63, 3.8) is 0 Å². The summed E-state index contributed by atoms with van der Waals surface area (Å²) in [5.41, 5.74) is 4.65. The maximum atomic E-state index is 12.3. The van der Waals surface area contributed by atoms with E-state index in [1.807, 2.05) is 20.9 Å². The third-order valence-electron chi connectivity index (χ3n) is 4.54. The molecule has 0 radical (unpaired) electrons. The number of carbonyl (C=O) groups is 1.